The molecule has 1 fully saturated rings. The Morgan fingerprint density at radius 3 is 1.83 bits per heavy atom. The fourth-order valence-electron chi connectivity index (χ4n) is 10.0. The van der Waals surface area contributed by atoms with E-state index in [4.69, 9.17) is 24.7 Å². The quantitative estimate of drug-likeness (QED) is 0.0552. The van der Waals surface area contributed by atoms with Crippen LogP contribution in [0.3, 0.4) is 0 Å². The van der Waals surface area contributed by atoms with Crippen LogP contribution in [0.5, 0.6) is 0 Å². The second kappa shape index (κ2) is 38.4. The number of anilines is 1. The van der Waals surface area contributed by atoms with Crippen molar-refractivity contribution in [2.45, 2.75) is 198 Å². The minimum Gasteiger partial charge on any atom is -0.466 e. The van der Waals surface area contributed by atoms with Gasteiger partial charge in [-0.15, -0.1) is 0 Å². The lowest BCUT2D eigenvalue weighted by Gasteiger charge is -2.42. The monoisotopic (exact) mass is 1160 g/mol. The van der Waals surface area contributed by atoms with Crippen molar-refractivity contribution < 1.29 is 88.6 Å². The van der Waals surface area contributed by atoms with E-state index in [1.54, 1.807) is 111 Å². The molecule has 3 rings (SSSR count). The van der Waals surface area contributed by atoms with Gasteiger partial charge in [-0.3, -0.25) is 28.8 Å². The van der Waals surface area contributed by atoms with Crippen LogP contribution in [0.2, 0.25) is 0 Å². The summed E-state index contributed by atoms with van der Waals surface area (Å²) in [6.07, 6.45) is 6.04. The number of aliphatic hydroxyl groups excluding tert-OH is 8. The van der Waals surface area contributed by atoms with Crippen LogP contribution in [-0.4, -0.2) is 169 Å². The first-order valence-electron chi connectivity index (χ1n) is 28.9. The molecule has 11 N–H and O–H groups in total. The summed E-state index contributed by atoms with van der Waals surface area (Å²) in [6, 6.07) is 5.60. The van der Waals surface area contributed by atoms with E-state index < -0.39 is 140 Å². The molecule has 1 aromatic carbocycles. The molecule has 0 bridgehead atoms. The van der Waals surface area contributed by atoms with Gasteiger partial charge >= 0.3 is 11.9 Å². The summed E-state index contributed by atoms with van der Waals surface area (Å²) in [6.45, 7) is 10.7. The molecule has 83 heavy (non-hydrogen) atoms. The third-order valence-electron chi connectivity index (χ3n) is 14.5. The molecule has 462 valence electrons. The van der Waals surface area contributed by atoms with Crippen molar-refractivity contribution in [1.29, 1.82) is 0 Å². The number of aliphatic hydroxyl groups is 8. The second-order valence-electron chi connectivity index (χ2n) is 21.8. The van der Waals surface area contributed by atoms with Gasteiger partial charge in [-0.2, -0.15) is 0 Å². The van der Waals surface area contributed by atoms with Crippen LogP contribution in [0.4, 0.5) is 5.69 Å². The summed E-state index contributed by atoms with van der Waals surface area (Å²) >= 11 is 0. The zero-order chi connectivity index (χ0) is 61.6. The number of hydrogen-bond acceptors (Lipinski definition) is 20. The lowest BCUT2D eigenvalue weighted by molar-refractivity contribution is -0.281. The molecular formula is C63H92N2O18. The summed E-state index contributed by atoms with van der Waals surface area (Å²) in [4.78, 5) is 78.6. The number of allylic oxidation sites excluding steroid dienone is 12. The highest BCUT2D eigenvalue weighted by Gasteiger charge is 2.45. The van der Waals surface area contributed by atoms with Crippen molar-refractivity contribution in [3.63, 3.8) is 0 Å². The number of benzene rings is 1. The number of ketones is 4. The summed E-state index contributed by atoms with van der Waals surface area (Å²) in [5, 5.41) is 91.1. The first-order chi connectivity index (χ1) is 39.4. The van der Waals surface area contributed by atoms with Crippen LogP contribution in [0.15, 0.2) is 109 Å². The minimum atomic E-state index is -1.81. The molecule has 0 spiro atoms. The standard InChI is InChI=1S/C63H92N2O18/c1-7-65-58-59(77)42(6)81-63(60(58)78)82-51-25-20-18-16-14-12-10-9-11-13-15-17-19-22-39(3)61(41(5)30-40(4)52(72)38-53(73)43-26-28-44(64)29-27-43)83-56(76)36-46(67)24-21-23-45(66)31-47(68)32-48(69)33-49(70)34-50(71)35-54(74)57(55(75)37-51)62(79)80-8-2/h9-20,22,25-29,39-42,47-49,51-52,54-55,57-61,63,65,68-70,72,74-75,77-78H,7-8,21,23-24,30-38,64H2,1-6H3/b10-9+,13-11+,14-12+,17-15+,18-16+,22-19+,25-20+/t39-,40?,41?,42+,47-,48+,49-,51-,52?,54-,55?,57+,58-,59+,60-,61?,63-/m0/s1. The Labute approximate surface area is 488 Å². The Balaban J connectivity index is 1.87. The average molecular weight is 1170 g/mol. The third-order valence-corrected chi connectivity index (χ3v) is 14.5. The van der Waals surface area contributed by atoms with Gasteiger partial charge in [0.1, 0.15) is 41.9 Å². The number of ether oxygens (including phenoxy) is 4. The number of carbonyl (C=O) groups is 6. The molecule has 1 aromatic rings. The maximum Gasteiger partial charge on any atom is 0.314 e. The van der Waals surface area contributed by atoms with E-state index in [2.05, 4.69) is 5.32 Å². The number of likely N-dealkylation sites (N-methyl/N-ethyl adjacent to an activating group) is 1. The zero-order valence-corrected chi connectivity index (χ0v) is 48.8. The summed E-state index contributed by atoms with van der Waals surface area (Å²) in [5.74, 6) is -6.41. The largest absolute Gasteiger partial charge is 0.466 e. The van der Waals surface area contributed by atoms with E-state index in [0.717, 1.165) is 0 Å². The van der Waals surface area contributed by atoms with Crippen LogP contribution in [0.1, 0.15) is 129 Å². The van der Waals surface area contributed by atoms with E-state index >= 15 is 0 Å². The SMILES string of the molecule is CCN[C@@H]1[C@H](O)[C@H](O[C@H]2/C=C/C=C/C=C/C=C/C=C/C=C/C=C/[C@H](C)C(C(C)CC(C)C(O)CC(=O)c3ccc(N)cc3)OC(=O)CC(=O)CCCC(=O)C[C@H](O)C[C@@H](O)C[C@H](O)CC(=O)C[C@H](O)[C@@H](C(=O)OCC)C(O)C2)O[C@H](C)[C@H]1O. The second-order valence-corrected chi connectivity index (χ2v) is 21.8. The molecule has 5 unspecified atom stereocenters. The summed E-state index contributed by atoms with van der Waals surface area (Å²) < 4.78 is 23.2. The topological polar surface area (TPSA) is 339 Å². The molecule has 1 saturated heterocycles. The normalized spacial score (nSPS) is 33.6. The van der Waals surface area contributed by atoms with Crippen molar-refractivity contribution in [3.05, 3.63) is 115 Å². The van der Waals surface area contributed by atoms with Gasteiger partial charge in [-0.05, 0) is 82.2 Å². The Morgan fingerprint density at radius 1 is 0.699 bits per heavy atom. The van der Waals surface area contributed by atoms with E-state index in [1.165, 1.54) is 13.0 Å². The fourth-order valence-corrected chi connectivity index (χ4v) is 10.0. The molecule has 2 aliphatic rings. The average Bonchev–Trinajstić information content (AvgIpc) is 3.60. The molecule has 0 saturated carbocycles. The maximum absolute atomic E-state index is 13.3. The number of nitrogen functional groups attached to an aromatic ring is 1. The molecule has 2 heterocycles. The summed E-state index contributed by atoms with van der Waals surface area (Å²) in [5.41, 5.74) is 6.69. The number of nitrogens with two attached hydrogens (primary N) is 1. The van der Waals surface area contributed by atoms with Gasteiger partial charge in [0, 0.05) is 62.1 Å². The number of esters is 2. The van der Waals surface area contributed by atoms with Gasteiger partial charge in [-0.25, -0.2) is 0 Å². The fraction of sp³-hybridized carbons (Fsp3) is 0.587. The first-order valence-corrected chi connectivity index (χ1v) is 28.9. The van der Waals surface area contributed by atoms with E-state index in [-0.39, 0.29) is 75.1 Å². The van der Waals surface area contributed by atoms with E-state index in [9.17, 15) is 69.6 Å². The highest BCUT2D eigenvalue weighted by Crippen LogP contribution is 2.30. The van der Waals surface area contributed by atoms with Crippen LogP contribution < -0.4 is 11.1 Å². The Bertz CT molecular complexity index is 2380. The van der Waals surface area contributed by atoms with Gasteiger partial charge in [0.05, 0.1) is 67.6 Å². The number of rotatable bonds is 13. The highest BCUT2D eigenvalue weighted by atomic mass is 16.7. The molecule has 20 heteroatoms. The van der Waals surface area contributed by atoms with Gasteiger partial charge in [-0.1, -0.05) is 113 Å². The number of carbonyl (C=O) groups excluding carboxylic acids is 6. The van der Waals surface area contributed by atoms with Crippen molar-refractivity contribution in [1.82, 2.24) is 5.32 Å². The van der Waals surface area contributed by atoms with Gasteiger partial charge in [0.2, 0.25) is 0 Å². The Morgan fingerprint density at radius 2 is 1.25 bits per heavy atom. The number of cyclic esters (lactones) is 1. The molecular weight excluding hydrogens is 1070 g/mol. The lowest BCUT2D eigenvalue weighted by atomic mass is 9.83. The lowest BCUT2D eigenvalue weighted by Crippen LogP contribution is -2.63. The number of Topliss-reactive ketones (excluding diaryl/α,β-unsaturated/α-hetero) is 4. The molecule has 2 aliphatic heterocycles. The van der Waals surface area contributed by atoms with Crippen LogP contribution >= 0.6 is 0 Å². The zero-order valence-electron chi connectivity index (χ0n) is 48.8. The van der Waals surface area contributed by atoms with Gasteiger partial charge in [0.25, 0.3) is 0 Å². The molecule has 17 atom stereocenters. The molecule has 0 amide bonds. The van der Waals surface area contributed by atoms with Gasteiger partial charge < -0.3 is 70.9 Å². The van der Waals surface area contributed by atoms with E-state index in [1.807, 2.05) is 26.8 Å². The smallest absolute Gasteiger partial charge is 0.314 e. The van der Waals surface area contributed by atoms with Crippen LogP contribution in [0.25, 0.3) is 0 Å². The molecule has 0 aliphatic carbocycles. The summed E-state index contributed by atoms with van der Waals surface area (Å²) in [7, 11) is 0. The number of nitrogens with one attached hydrogen (secondary N) is 1. The first kappa shape index (κ1) is 71.6. The van der Waals surface area contributed by atoms with Crippen molar-refractivity contribution in [3.8, 4) is 0 Å². The highest BCUT2D eigenvalue weighted by molar-refractivity contribution is 5.97. The predicted octanol–water partition coefficient (Wildman–Crippen LogP) is 4.74. The third kappa shape index (κ3) is 26.9. The molecule has 0 aromatic heterocycles. The van der Waals surface area contributed by atoms with Crippen molar-refractivity contribution in [2.75, 3.05) is 18.9 Å². The predicted molar refractivity (Wildman–Crippen MR) is 312 cm³/mol. The number of hydrogen-bond donors (Lipinski definition) is 10. The minimum absolute atomic E-state index is 0.0720. The Hall–Kier alpha value is -5.62. The maximum atomic E-state index is 13.3. The Kier molecular flexibility index (Phi) is 33.1. The molecule has 0 radical (unpaired) electrons. The molecule has 20 nitrogen and oxygen atoms in total. The van der Waals surface area contributed by atoms with Crippen molar-refractivity contribution >= 4 is 40.8 Å². The van der Waals surface area contributed by atoms with Crippen LogP contribution in [0, 0.1) is 23.7 Å². The van der Waals surface area contributed by atoms with Crippen LogP contribution in [-0.2, 0) is 42.9 Å². The van der Waals surface area contributed by atoms with E-state index in [0.29, 0.717) is 24.2 Å². The van der Waals surface area contributed by atoms with Crippen molar-refractivity contribution in [2.24, 2.45) is 23.7 Å². The van der Waals surface area contributed by atoms with Gasteiger partial charge in [0.15, 0.2) is 12.1 Å².